The summed E-state index contributed by atoms with van der Waals surface area (Å²) in [5, 5.41) is 63.5. The predicted octanol–water partition coefficient (Wildman–Crippen LogP) is 0.371. The van der Waals surface area contributed by atoms with E-state index in [1.807, 2.05) is 24.3 Å². The molecule has 6 aromatic carbocycles. The van der Waals surface area contributed by atoms with Crippen LogP contribution in [0.25, 0.3) is 44.5 Å². The molecule has 0 aliphatic carbocycles. The Morgan fingerprint density at radius 3 is 0.444 bits per heavy atom. The molecule has 90 heavy (non-hydrogen) atoms. The molecule has 8 aromatic rings. The van der Waals surface area contributed by atoms with Gasteiger partial charge in [0.25, 0.3) is 0 Å². The maximum atomic E-state index is 10.6. The molecule has 0 aliphatic heterocycles. The van der Waals surface area contributed by atoms with Crippen molar-refractivity contribution in [1.29, 1.82) is 0 Å². The summed E-state index contributed by atoms with van der Waals surface area (Å²) in [7, 11) is 13.5. The number of pyridine rings is 2. The van der Waals surface area contributed by atoms with E-state index < -0.39 is 35.8 Å². The molecule has 0 saturated heterocycles. The van der Waals surface area contributed by atoms with Crippen LogP contribution in [0.1, 0.15) is 62.1 Å². The van der Waals surface area contributed by atoms with Gasteiger partial charge in [-0.2, -0.15) is 0 Å². The van der Waals surface area contributed by atoms with Crippen molar-refractivity contribution >= 4 is 61.5 Å². The smallest absolute Gasteiger partial charge is 0.545 e. The summed E-state index contributed by atoms with van der Waals surface area (Å²) in [5.41, 5.74) is 7.74. The molecule has 4 amide bonds. The number of hydrogen-bond acceptors (Lipinski definition) is 18. The van der Waals surface area contributed by atoms with Gasteiger partial charge >= 0.3 is 58.4 Å². The van der Waals surface area contributed by atoms with Crippen molar-refractivity contribution in [3.05, 3.63) is 228 Å². The van der Waals surface area contributed by atoms with Crippen LogP contribution in [0.2, 0.25) is 0 Å². The van der Waals surface area contributed by atoms with Gasteiger partial charge in [0, 0.05) is 81.2 Å². The summed E-state index contributed by atoms with van der Waals surface area (Å²) in [6.07, 6.45) is 10.1. The number of carbonyl (C=O) groups excluding carboxylic acids is 10. The summed E-state index contributed by atoms with van der Waals surface area (Å²) in [5.74, 6) is -7.37. The monoisotopic (exact) mass is 1380 g/mol. The van der Waals surface area contributed by atoms with Crippen molar-refractivity contribution < 1.29 is 142 Å². The van der Waals surface area contributed by atoms with Gasteiger partial charge in [-0.05, 0) is 102 Å². The van der Waals surface area contributed by atoms with Crippen LogP contribution in [0.15, 0.2) is 195 Å². The first-order chi connectivity index (χ1) is 40.8. The Bertz CT molecular complexity index is 2870. The number of aromatic nitrogens is 2. The SMILES string of the molecule is CN(C)C=O.CN(C)C=O.CN(C)C=O.CN(C)C=O.O.O=C([O-])c1ccc(-c2ccc(C(=O)[O-])cc2)cc1.O=C([O-])c1ccc(-c2ccc(C(=O)[O-])cc2)cc1.O=C([O-])c1ccc(-c2ccc(C(=O)[O-])cc2)cc1.[Zn+2].[Zn+2].[Zn+2].c1cc(-c2ccncc2)ccn1. The van der Waals surface area contributed by atoms with E-state index in [1.165, 1.54) is 104 Å². The molecule has 0 fully saturated rings. The van der Waals surface area contributed by atoms with E-state index in [0.717, 1.165) is 59.0 Å². The molecular weight excluding hydrogens is 1320 g/mol. The fourth-order valence-corrected chi connectivity index (χ4v) is 5.88. The van der Waals surface area contributed by atoms with Crippen LogP contribution in [-0.2, 0) is 77.6 Å². The zero-order valence-corrected chi connectivity index (χ0v) is 59.5. The maximum absolute atomic E-state index is 10.6. The van der Waals surface area contributed by atoms with Crippen molar-refractivity contribution in [1.82, 2.24) is 29.6 Å². The zero-order chi connectivity index (χ0) is 64.7. The van der Waals surface area contributed by atoms with Gasteiger partial charge in [0.2, 0.25) is 25.6 Å². The normalized spacial score (nSPS) is 8.80. The first-order valence-electron chi connectivity index (χ1n) is 25.0. The van der Waals surface area contributed by atoms with Crippen molar-refractivity contribution in [2.45, 2.75) is 0 Å². The topological polar surface area (TPSA) is 379 Å². The van der Waals surface area contributed by atoms with E-state index in [-0.39, 0.29) is 97.3 Å². The summed E-state index contributed by atoms with van der Waals surface area (Å²) in [4.78, 5) is 115. The molecular formula is C64H62N6O17Zn3. The third-order valence-electron chi connectivity index (χ3n) is 10.3. The Morgan fingerprint density at radius 1 is 0.256 bits per heavy atom. The molecule has 456 valence electrons. The van der Waals surface area contributed by atoms with E-state index in [1.54, 1.807) is 154 Å². The van der Waals surface area contributed by atoms with E-state index in [0.29, 0.717) is 0 Å². The van der Waals surface area contributed by atoms with Gasteiger partial charge in [-0.1, -0.05) is 146 Å². The van der Waals surface area contributed by atoms with Gasteiger partial charge in [0.1, 0.15) is 0 Å². The minimum absolute atomic E-state index is 0. The van der Waals surface area contributed by atoms with Gasteiger partial charge in [0.05, 0.1) is 35.8 Å². The van der Waals surface area contributed by atoms with Gasteiger partial charge in [-0.15, -0.1) is 0 Å². The molecule has 0 unspecified atom stereocenters. The number of benzene rings is 6. The molecule has 0 radical (unpaired) electrons. The summed E-state index contributed by atoms with van der Waals surface area (Å²) in [6, 6.07) is 44.9. The number of hydrogen-bond donors (Lipinski definition) is 0. The average molecular weight is 1380 g/mol. The van der Waals surface area contributed by atoms with Crippen LogP contribution in [-0.4, -0.2) is 153 Å². The predicted molar refractivity (Wildman–Crippen MR) is 312 cm³/mol. The van der Waals surface area contributed by atoms with E-state index >= 15 is 0 Å². The molecule has 2 heterocycles. The number of nitrogens with zero attached hydrogens (tertiary/aromatic N) is 6. The average Bonchev–Trinajstić information content (AvgIpc) is 2.42. The Morgan fingerprint density at radius 2 is 0.356 bits per heavy atom. The van der Waals surface area contributed by atoms with Crippen molar-refractivity contribution in [3.63, 3.8) is 0 Å². The molecule has 8 rings (SSSR count). The van der Waals surface area contributed by atoms with E-state index in [9.17, 15) is 78.6 Å². The van der Waals surface area contributed by atoms with Gasteiger partial charge in [-0.3, -0.25) is 29.1 Å². The number of amides is 4. The van der Waals surface area contributed by atoms with E-state index in [2.05, 4.69) is 9.97 Å². The Balaban J connectivity index is -0.000000493. The Labute approximate surface area is 558 Å². The first kappa shape index (κ1) is 86.6. The van der Waals surface area contributed by atoms with E-state index in [4.69, 9.17) is 0 Å². The van der Waals surface area contributed by atoms with Crippen LogP contribution in [0.3, 0.4) is 0 Å². The first-order valence-corrected chi connectivity index (χ1v) is 25.0. The van der Waals surface area contributed by atoms with Crippen LogP contribution in [0.4, 0.5) is 0 Å². The fraction of sp³-hybridized carbons (Fsp3) is 0.125. The summed E-state index contributed by atoms with van der Waals surface area (Å²) < 4.78 is 0. The number of carbonyl (C=O) groups is 10. The van der Waals surface area contributed by atoms with Crippen LogP contribution in [0, 0.1) is 0 Å². The van der Waals surface area contributed by atoms with Crippen LogP contribution in [0.5, 0.6) is 0 Å². The second-order valence-electron chi connectivity index (χ2n) is 17.9. The summed E-state index contributed by atoms with van der Waals surface area (Å²) in [6.45, 7) is 0. The standard InChI is InChI=1S/3C14H10O4.C10H8N2.4C3H7NO.H2O.3Zn/c3*15-13(16)11-5-1-9(2-6-11)10-3-7-12(8-4-10)14(17)18;1-5-11-6-2-9(1)10-3-7-12-8-4-10;4*1-4(2)3-5;;;;/h3*1-8H,(H,15,16)(H,17,18);1-8H;4*3H,1-2H3;1H2;;;/q;;;;;;;;;3*+2/p-6. The molecule has 0 bridgehead atoms. The molecule has 0 spiro atoms. The third-order valence-corrected chi connectivity index (χ3v) is 10.3. The Hall–Kier alpha value is -9.85. The summed E-state index contributed by atoms with van der Waals surface area (Å²) >= 11 is 0. The van der Waals surface area contributed by atoms with Crippen LogP contribution >= 0.6 is 0 Å². The number of carboxylic acid groups (broad SMARTS) is 6. The number of aromatic carboxylic acids is 6. The van der Waals surface area contributed by atoms with Crippen molar-refractivity contribution in [2.24, 2.45) is 0 Å². The van der Waals surface area contributed by atoms with Gasteiger partial charge in [-0.25, -0.2) is 0 Å². The molecule has 23 nitrogen and oxygen atoms in total. The number of rotatable bonds is 14. The minimum Gasteiger partial charge on any atom is -0.545 e. The second-order valence-corrected chi connectivity index (χ2v) is 17.9. The Kier molecular flexibility index (Phi) is 46.4. The van der Waals surface area contributed by atoms with Crippen LogP contribution < -0.4 is 30.6 Å². The number of carboxylic acids is 6. The molecule has 2 N–H and O–H groups in total. The fourth-order valence-electron chi connectivity index (χ4n) is 5.88. The van der Waals surface area contributed by atoms with Gasteiger partial charge < -0.3 is 84.5 Å². The largest absolute Gasteiger partial charge is 2.00 e. The molecule has 0 atom stereocenters. The molecule has 0 saturated carbocycles. The van der Waals surface area contributed by atoms with Gasteiger partial charge in [0.15, 0.2) is 0 Å². The quantitative estimate of drug-likeness (QED) is 0.105. The van der Waals surface area contributed by atoms with Crippen molar-refractivity contribution in [2.75, 3.05) is 56.4 Å². The second kappa shape index (κ2) is 48.2. The molecule has 2 aromatic heterocycles. The minimum atomic E-state index is -1.23. The molecule has 0 aliphatic rings. The zero-order valence-electron chi connectivity index (χ0n) is 50.6. The van der Waals surface area contributed by atoms with Crippen molar-refractivity contribution in [3.8, 4) is 44.5 Å². The third kappa shape index (κ3) is 35.7. The molecule has 26 heteroatoms. The maximum Gasteiger partial charge on any atom is 2.00 e.